The summed E-state index contributed by atoms with van der Waals surface area (Å²) >= 11 is 0. The first-order chi connectivity index (χ1) is 7.56. The number of methoxy groups -OCH3 is 1. The molecule has 0 aliphatic carbocycles. The molecule has 0 radical (unpaired) electrons. The number of anilines is 2. The molecule has 0 aliphatic rings. The van der Waals surface area contributed by atoms with Crippen LogP contribution in [0.4, 0.5) is 11.4 Å². The number of hydrogen-bond donors (Lipinski definition) is 2. The summed E-state index contributed by atoms with van der Waals surface area (Å²) in [5.74, 6) is 2.01. The third-order valence-electron chi connectivity index (χ3n) is 3.04. The Morgan fingerprint density at radius 3 is 2.56 bits per heavy atom. The summed E-state index contributed by atoms with van der Waals surface area (Å²) in [7, 11) is 1.63. The Balaban J connectivity index is 2.67. The average molecular weight is 222 g/mol. The van der Waals surface area contributed by atoms with Gasteiger partial charge in [-0.3, -0.25) is 0 Å². The molecule has 1 rings (SSSR count). The predicted molar refractivity (Wildman–Crippen MR) is 69.9 cm³/mol. The molecule has 0 heterocycles. The van der Waals surface area contributed by atoms with Crippen molar-refractivity contribution in [3.05, 3.63) is 18.2 Å². The van der Waals surface area contributed by atoms with Gasteiger partial charge in [-0.25, -0.2) is 0 Å². The van der Waals surface area contributed by atoms with Gasteiger partial charge in [0.25, 0.3) is 0 Å². The molecule has 1 unspecified atom stereocenters. The second-order valence-corrected chi connectivity index (χ2v) is 4.52. The molecular weight excluding hydrogens is 200 g/mol. The molecule has 0 saturated carbocycles. The van der Waals surface area contributed by atoms with Gasteiger partial charge in [0.15, 0.2) is 0 Å². The Hall–Kier alpha value is -1.38. The highest BCUT2D eigenvalue weighted by Gasteiger charge is 2.09. The maximum absolute atomic E-state index is 5.97. The van der Waals surface area contributed by atoms with E-state index in [4.69, 9.17) is 10.5 Å². The van der Waals surface area contributed by atoms with E-state index in [0.29, 0.717) is 17.5 Å². The molecule has 3 nitrogen and oxygen atoms in total. The lowest BCUT2D eigenvalue weighted by atomic mass is 9.98. The third-order valence-corrected chi connectivity index (χ3v) is 3.04. The fourth-order valence-corrected chi connectivity index (χ4v) is 1.38. The highest BCUT2D eigenvalue weighted by Crippen LogP contribution is 2.29. The molecule has 1 aromatic carbocycles. The van der Waals surface area contributed by atoms with Gasteiger partial charge in [-0.2, -0.15) is 0 Å². The second-order valence-electron chi connectivity index (χ2n) is 4.52. The van der Waals surface area contributed by atoms with Gasteiger partial charge < -0.3 is 15.8 Å². The van der Waals surface area contributed by atoms with Gasteiger partial charge in [-0.05, 0) is 24.0 Å². The fraction of sp³-hybridized carbons (Fsp3) is 0.538. The Labute approximate surface area is 98.0 Å². The molecule has 0 fully saturated rings. The van der Waals surface area contributed by atoms with Gasteiger partial charge in [-0.15, -0.1) is 0 Å². The molecular formula is C13H22N2O. The van der Waals surface area contributed by atoms with Crippen LogP contribution in [0.25, 0.3) is 0 Å². The highest BCUT2D eigenvalue weighted by molar-refractivity contribution is 5.72. The second kappa shape index (κ2) is 5.64. The Bertz CT molecular complexity index is 337. The van der Waals surface area contributed by atoms with E-state index in [9.17, 15) is 0 Å². The SMILES string of the molecule is COc1cccc(NCC(C)C(C)C)c1N. The first kappa shape index (κ1) is 12.7. The fourth-order valence-electron chi connectivity index (χ4n) is 1.38. The number of nitrogen functional groups attached to an aromatic ring is 1. The van der Waals surface area contributed by atoms with E-state index in [1.165, 1.54) is 0 Å². The van der Waals surface area contributed by atoms with E-state index in [2.05, 4.69) is 26.1 Å². The van der Waals surface area contributed by atoms with Crippen LogP contribution in [0.2, 0.25) is 0 Å². The minimum absolute atomic E-state index is 0.616. The Morgan fingerprint density at radius 2 is 2.00 bits per heavy atom. The number of benzene rings is 1. The number of ether oxygens (including phenoxy) is 1. The van der Waals surface area contributed by atoms with Crippen molar-refractivity contribution < 1.29 is 4.74 Å². The molecule has 0 amide bonds. The molecule has 16 heavy (non-hydrogen) atoms. The van der Waals surface area contributed by atoms with Crippen LogP contribution < -0.4 is 15.8 Å². The summed E-state index contributed by atoms with van der Waals surface area (Å²) in [6.07, 6.45) is 0. The van der Waals surface area contributed by atoms with Gasteiger partial charge in [0.05, 0.1) is 18.5 Å². The van der Waals surface area contributed by atoms with Crippen LogP contribution in [-0.2, 0) is 0 Å². The van der Waals surface area contributed by atoms with Crippen LogP contribution in [0.15, 0.2) is 18.2 Å². The molecule has 0 bridgehead atoms. The molecule has 0 aliphatic heterocycles. The molecule has 90 valence electrons. The average Bonchev–Trinajstić information content (AvgIpc) is 2.27. The summed E-state index contributed by atoms with van der Waals surface area (Å²) in [6, 6.07) is 5.79. The van der Waals surface area contributed by atoms with E-state index in [1.807, 2.05) is 18.2 Å². The van der Waals surface area contributed by atoms with Crippen LogP contribution in [0.1, 0.15) is 20.8 Å². The van der Waals surface area contributed by atoms with E-state index in [0.717, 1.165) is 18.0 Å². The van der Waals surface area contributed by atoms with Gasteiger partial charge in [-0.1, -0.05) is 26.8 Å². The first-order valence-corrected chi connectivity index (χ1v) is 5.72. The van der Waals surface area contributed by atoms with E-state index < -0.39 is 0 Å². The third kappa shape index (κ3) is 3.05. The van der Waals surface area contributed by atoms with E-state index in [1.54, 1.807) is 7.11 Å². The normalized spacial score (nSPS) is 12.6. The largest absolute Gasteiger partial charge is 0.495 e. The molecule has 0 spiro atoms. The lowest BCUT2D eigenvalue weighted by Crippen LogP contribution is -2.17. The van der Waals surface area contributed by atoms with Gasteiger partial charge in [0, 0.05) is 6.54 Å². The Kier molecular flexibility index (Phi) is 4.47. The van der Waals surface area contributed by atoms with Crippen molar-refractivity contribution in [3.63, 3.8) is 0 Å². The maximum Gasteiger partial charge on any atom is 0.143 e. The zero-order valence-corrected chi connectivity index (χ0v) is 10.6. The van der Waals surface area contributed by atoms with Crippen LogP contribution in [0.5, 0.6) is 5.75 Å². The maximum atomic E-state index is 5.97. The summed E-state index contributed by atoms with van der Waals surface area (Å²) in [5, 5.41) is 3.36. The van der Waals surface area contributed by atoms with Crippen LogP contribution in [0, 0.1) is 11.8 Å². The first-order valence-electron chi connectivity index (χ1n) is 5.72. The van der Waals surface area contributed by atoms with Gasteiger partial charge in [0.2, 0.25) is 0 Å². The summed E-state index contributed by atoms with van der Waals surface area (Å²) in [4.78, 5) is 0. The minimum Gasteiger partial charge on any atom is -0.495 e. The number of nitrogens with one attached hydrogen (secondary N) is 1. The number of rotatable bonds is 5. The highest BCUT2D eigenvalue weighted by atomic mass is 16.5. The van der Waals surface area contributed by atoms with Crippen molar-refractivity contribution in [2.75, 3.05) is 24.7 Å². The molecule has 1 aromatic rings. The topological polar surface area (TPSA) is 47.3 Å². The number of para-hydroxylation sites is 1. The zero-order chi connectivity index (χ0) is 12.1. The van der Waals surface area contributed by atoms with Gasteiger partial charge in [0.1, 0.15) is 5.75 Å². The van der Waals surface area contributed by atoms with Crippen LogP contribution in [-0.4, -0.2) is 13.7 Å². The summed E-state index contributed by atoms with van der Waals surface area (Å²) in [5.41, 5.74) is 7.60. The van der Waals surface area contributed by atoms with Crippen molar-refractivity contribution in [2.24, 2.45) is 11.8 Å². The van der Waals surface area contributed by atoms with Gasteiger partial charge >= 0.3 is 0 Å². The number of hydrogen-bond acceptors (Lipinski definition) is 3. The van der Waals surface area contributed by atoms with Crippen molar-refractivity contribution in [1.82, 2.24) is 0 Å². The lowest BCUT2D eigenvalue weighted by molar-refractivity contribution is 0.417. The Morgan fingerprint density at radius 1 is 1.31 bits per heavy atom. The van der Waals surface area contributed by atoms with E-state index >= 15 is 0 Å². The standard InChI is InChI=1S/C13H22N2O/c1-9(2)10(3)8-15-11-6-5-7-12(16-4)13(11)14/h5-7,9-10,15H,8,14H2,1-4H3. The molecule has 0 saturated heterocycles. The van der Waals surface area contributed by atoms with Crippen molar-refractivity contribution in [1.29, 1.82) is 0 Å². The zero-order valence-electron chi connectivity index (χ0n) is 10.6. The predicted octanol–water partition coefficient (Wildman–Crippen LogP) is 2.98. The molecule has 3 heteroatoms. The summed E-state index contributed by atoms with van der Waals surface area (Å²) in [6.45, 7) is 7.60. The van der Waals surface area contributed by atoms with Crippen molar-refractivity contribution in [3.8, 4) is 5.75 Å². The van der Waals surface area contributed by atoms with Crippen LogP contribution >= 0.6 is 0 Å². The number of nitrogens with two attached hydrogens (primary N) is 1. The molecule has 0 aromatic heterocycles. The lowest BCUT2D eigenvalue weighted by Gasteiger charge is -2.18. The smallest absolute Gasteiger partial charge is 0.143 e. The quantitative estimate of drug-likeness (QED) is 0.753. The molecule has 1 atom stereocenters. The van der Waals surface area contributed by atoms with Crippen molar-refractivity contribution >= 4 is 11.4 Å². The monoisotopic (exact) mass is 222 g/mol. The minimum atomic E-state index is 0.616. The molecule has 3 N–H and O–H groups in total. The summed E-state index contributed by atoms with van der Waals surface area (Å²) < 4.78 is 5.17. The van der Waals surface area contributed by atoms with E-state index in [-0.39, 0.29) is 0 Å². The van der Waals surface area contributed by atoms with Crippen molar-refractivity contribution in [2.45, 2.75) is 20.8 Å². The van der Waals surface area contributed by atoms with Crippen LogP contribution in [0.3, 0.4) is 0 Å².